The summed E-state index contributed by atoms with van der Waals surface area (Å²) in [5.74, 6) is -0.776. The van der Waals surface area contributed by atoms with Crippen molar-refractivity contribution in [2.45, 2.75) is 23.8 Å². The molecule has 1 aliphatic carbocycles. The van der Waals surface area contributed by atoms with Crippen molar-refractivity contribution in [3.8, 4) is 0 Å². The number of thiophene rings is 1. The first kappa shape index (κ1) is 15.8. The van der Waals surface area contributed by atoms with E-state index in [-0.39, 0.29) is 38.7 Å². The molecule has 0 spiro atoms. The number of carbonyl (C=O) groups excluding carboxylic acids is 2. The summed E-state index contributed by atoms with van der Waals surface area (Å²) in [7, 11) is -2.00. The van der Waals surface area contributed by atoms with Crippen molar-refractivity contribution in [3.05, 3.63) is 45.9 Å². The first-order valence-corrected chi connectivity index (χ1v) is 9.36. The second kappa shape index (κ2) is 5.24. The maximum atomic E-state index is 12.4. The van der Waals surface area contributed by atoms with Crippen molar-refractivity contribution >= 4 is 32.7 Å². The van der Waals surface area contributed by atoms with E-state index < -0.39 is 9.84 Å². The van der Waals surface area contributed by atoms with E-state index in [0.717, 1.165) is 11.3 Å². The van der Waals surface area contributed by atoms with E-state index in [4.69, 9.17) is 0 Å². The van der Waals surface area contributed by atoms with Gasteiger partial charge in [0.2, 0.25) is 11.6 Å². The highest BCUT2D eigenvalue weighted by Gasteiger charge is 2.34. The molecule has 0 aromatic carbocycles. The number of aromatic nitrogens is 2. The Kier molecular flexibility index (Phi) is 3.61. The summed E-state index contributed by atoms with van der Waals surface area (Å²) < 4.78 is 26.4. The minimum atomic E-state index is -3.55. The molecule has 2 aromatic heterocycles. The van der Waals surface area contributed by atoms with Gasteiger partial charge >= 0.3 is 0 Å². The van der Waals surface area contributed by atoms with Crippen molar-refractivity contribution in [3.63, 3.8) is 0 Å². The Bertz CT molecular complexity index is 964. The van der Waals surface area contributed by atoms with Crippen molar-refractivity contribution in [2.24, 2.45) is 7.05 Å². The molecule has 23 heavy (non-hydrogen) atoms. The van der Waals surface area contributed by atoms with Gasteiger partial charge in [-0.2, -0.15) is 0 Å². The van der Waals surface area contributed by atoms with Gasteiger partial charge in [-0.15, -0.1) is 11.3 Å². The van der Waals surface area contributed by atoms with Crippen molar-refractivity contribution < 1.29 is 18.0 Å². The average molecular weight is 350 g/mol. The molecule has 6 nitrogen and oxygen atoms in total. The molecule has 2 heterocycles. The van der Waals surface area contributed by atoms with Gasteiger partial charge in [-0.1, -0.05) is 6.07 Å². The summed E-state index contributed by atoms with van der Waals surface area (Å²) in [6.45, 7) is 3.17. The number of carbonyl (C=O) groups is 2. The highest BCUT2D eigenvalue weighted by molar-refractivity contribution is 7.92. The number of hydrogen-bond donors (Lipinski definition) is 0. The van der Waals surface area contributed by atoms with Crippen LogP contribution in [0, 0.1) is 0 Å². The SMILES string of the molecule is CC1=C(C)C(=O)c2c(nc(CS(=O)(=O)c3cccs3)n2C)C1=O. The number of nitrogens with zero attached hydrogens (tertiary/aromatic N) is 2. The van der Waals surface area contributed by atoms with E-state index in [2.05, 4.69) is 4.98 Å². The molecule has 0 bridgehead atoms. The van der Waals surface area contributed by atoms with Gasteiger partial charge in [0.15, 0.2) is 9.84 Å². The second-order valence-corrected chi connectivity index (χ2v) is 8.55. The topological polar surface area (TPSA) is 86.1 Å². The van der Waals surface area contributed by atoms with Crippen LogP contribution < -0.4 is 0 Å². The van der Waals surface area contributed by atoms with E-state index in [0.29, 0.717) is 11.1 Å². The third-order valence-corrected chi connectivity index (χ3v) is 7.08. The number of ketones is 2. The van der Waals surface area contributed by atoms with Crippen molar-refractivity contribution in [1.29, 1.82) is 0 Å². The molecule has 0 N–H and O–H groups in total. The molecule has 1 aliphatic rings. The molecule has 0 radical (unpaired) electrons. The third kappa shape index (κ3) is 2.38. The van der Waals surface area contributed by atoms with Gasteiger partial charge in [-0.05, 0) is 25.3 Å². The zero-order valence-corrected chi connectivity index (χ0v) is 14.4. The van der Waals surface area contributed by atoms with Crippen LogP contribution in [0.1, 0.15) is 40.6 Å². The number of sulfone groups is 1. The van der Waals surface area contributed by atoms with Gasteiger partial charge in [-0.25, -0.2) is 13.4 Å². The number of allylic oxidation sites excluding steroid dienone is 2. The molecule has 0 saturated carbocycles. The van der Waals surface area contributed by atoms with Crippen LogP contribution in [-0.2, 0) is 22.6 Å². The fourth-order valence-corrected chi connectivity index (χ4v) is 4.87. The summed E-state index contributed by atoms with van der Waals surface area (Å²) in [4.78, 5) is 28.8. The number of hydrogen-bond acceptors (Lipinski definition) is 6. The highest BCUT2D eigenvalue weighted by Crippen LogP contribution is 2.28. The minimum Gasteiger partial charge on any atom is -0.327 e. The summed E-state index contributed by atoms with van der Waals surface area (Å²) in [5, 5.41) is 1.68. The Hall–Kier alpha value is -2.06. The van der Waals surface area contributed by atoms with E-state index in [1.54, 1.807) is 32.3 Å². The second-order valence-electron chi connectivity index (χ2n) is 5.38. The van der Waals surface area contributed by atoms with Crippen LogP contribution in [0.4, 0.5) is 0 Å². The van der Waals surface area contributed by atoms with Gasteiger partial charge in [0, 0.05) is 18.2 Å². The lowest BCUT2D eigenvalue weighted by Gasteiger charge is -2.13. The quantitative estimate of drug-likeness (QED) is 0.847. The van der Waals surface area contributed by atoms with Crippen molar-refractivity contribution in [1.82, 2.24) is 9.55 Å². The molecule has 0 aliphatic heterocycles. The van der Waals surface area contributed by atoms with E-state index >= 15 is 0 Å². The van der Waals surface area contributed by atoms with Gasteiger partial charge in [0.1, 0.15) is 27.2 Å². The monoisotopic (exact) mass is 350 g/mol. The molecule has 120 valence electrons. The minimum absolute atomic E-state index is 0.0389. The summed E-state index contributed by atoms with van der Waals surface area (Å²) in [5.41, 5.74) is 0.929. The van der Waals surface area contributed by atoms with E-state index in [1.165, 1.54) is 10.6 Å². The predicted octanol–water partition coefficient (Wildman–Crippen LogP) is 2.17. The highest BCUT2D eigenvalue weighted by atomic mass is 32.2. The maximum Gasteiger partial charge on any atom is 0.209 e. The number of fused-ring (bicyclic) bond motifs is 1. The van der Waals surface area contributed by atoms with E-state index in [1.807, 2.05) is 0 Å². The van der Waals surface area contributed by atoms with Crippen LogP contribution in [0.5, 0.6) is 0 Å². The molecule has 8 heteroatoms. The van der Waals surface area contributed by atoms with Gasteiger partial charge in [-0.3, -0.25) is 9.59 Å². The number of rotatable bonds is 3. The summed E-state index contributed by atoms with van der Waals surface area (Å²) in [6, 6.07) is 3.18. The molecular formula is C15H14N2O4S2. The van der Waals surface area contributed by atoms with Gasteiger partial charge in [0.25, 0.3) is 0 Å². The average Bonchev–Trinajstić information content (AvgIpc) is 3.13. The Labute approximate surface area is 137 Å². The zero-order valence-electron chi connectivity index (χ0n) is 12.8. The zero-order chi connectivity index (χ0) is 16.9. The normalized spacial score (nSPS) is 15.3. The molecular weight excluding hydrogens is 336 g/mol. The Morgan fingerprint density at radius 2 is 1.83 bits per heavy atom. The fourth-order valence-electron chi connectivity index (χ4n) is 2.47. The summed E-state index contributed by atoms with van der Waals surface area (Å²) >= 11 is 1.12. The Morgan fingerprint density at radius 1 is 1.17 bits per heavy atom. The molecule has 3 rings (SSSR count). The predicted molar refractivity (Wildman–Crippen MR) is 85.5 cm³/mol. The molecule has 0 saturated heterocycles. The largest absolute Gasteiger partial charge is 0.327 e. The lowest BCUT2D eigenvalue weighted by Crippen LogP contribution is -2.21. The molecule has 0 fully saturated rings. The molecule has 0 unspecified atom stereocenters. The maximum absolute atomic E-state index is 12.4. The molecule has 0 amide bonds. The Balaban J connectivity index is 2.08. The van der Waals surface area contributed by atoms with E-state index in [9.17, 15) is 18.0 Å². The first-order valence-electron chi connectivity index (χ1n) is 6.82. The molecule has 0 atom stereocenters. The fraction of sp³-hybridized carbons (Fsp3) is 0.267. The van der Waals surface area contributed by atoms with Crippen LogP contribution in [0.2, 0.25) is 0 Å². The van der Waals surface area contributed by atoms with Crippen LogP contribution in [0.25, 0.3) is 0 Å². The Morgan fingerprint density at radius 3 is 2.43 bits per heavy atom. The van der Waals surface area contributed by atoms with Crippen LogP contribution in [-0.4, -0.2) is 29.5 Å². The lowest BCUT2D eigenvalue weighted by atomic mass is 9.92. The van der Waals surface area contributed by atoms with Crippen LogP contribution >= 0.6 is 11.3 Å². The van der Waals surface area contributed by atoms with Gasteiger partial charge in [0.05, 0.1) is 0 Å². The molecule has 2 aromatic rings. The standard InChI is InChI=1S/C15H14N2O4S2/c1-8-9(2)15(19)13-12(14(8)18)16-10(17(13)3)7-23(20,21)11-5-4-6-22-11/h4-6H,7H2,1-3H3. The smallest absolute Gasteiger partial charge is 0.209 e. The van der Waals surface area contributed by atoms with Crippen LogP contribution in [0.3, 0.4) is 0 Å². The third-order valence-electron chi connectivity index (χ3n) is 3.98. The van der Waals surface area contributed by atoms with Crippen molar-refractivity contribution in [2.75, 3.05) is 0 Å². The first-order chi connectivity index (χ1) is 10.7. The van der Waals surface area contributed by atoms with Crippen LogP contribution in [0.15, 0.2) is 32.9 Å². The number of Topliss-reactive ketones (excluding diaryl/α,β-unsaturated/α-hetero) is 2. The summed E-state index contributed by atoms with van der Waals surface area (Å²) in [6.07, 6.45) is 0. The lowest BCUT2D eigenvalue weighted by molar-refractivity contribution is 0.0967. The number of imidazole rings is 1. The van der Waals surface area contributed by atoms with Gasteiger partial charge < -0.3 is 4.57 Å².